The van der Waals surface area contributed by atoms with Gasteiger partial charge in [0.25, 0.3) is 5.91 Å². The maximum Gasteiger partial charge on any atom is 0.306 e. The van der Waals surface area contributed by atoms with Gasteiger partial charge in [-0.25, -0.2) is 0 Å². The molecule has 0 bridgehead atoms. The van der Waals surface area contributed by atoms with E-state index in [1.165, 1.54) is 0 Å². The van der Waals surface area contributed by atoms with Crippen LogP contribution in [0.25, 0.3) is 0 Å². The van der Waals surface area contributed by atoms with Crippen LogP contribution in [0.4, 0.5) is 5.69 Å². The summed E-state index contributed by atoms with van der Waals surface area (Å²) >= 11 is 0. The smallest absolute Gasteiger partial charge is 0.306 e. The van der Waals surface area contributed by atoms with Crippen molar-refractivity contribution in [1.29, 1.82) is 0 Å². The van der Waals surface area contributed by atoms with Gasteiger partial charge in [-0.1, -0.05) is 30.3 Å². The van der Waals surface area contributed by atoms with E-state index in [2.05, 4.69) is 10.6 Å². The van der Waals surface area contributed by atoms with Crippen molar-refractivity contribution in [3.8, 4) is 0 Å². The van der Waals surface area contributed by atoms with Crippen molar-refractivity contribution in [2.45, 2.75) is 19.3 Å². The van der Waals surface area contributed by atoms with Crippen LogP contribution in [0.15, 0.2) is 54.6 Å². The molecule has 2 aromatic rings. The van der Waals surface area contributed by atoms with Crippen molar-refractivity contribution >= 4 is 23.5 Å². The van der Waals surface area contributed by atoms with Crippen LogP contribution in [0, 0.1) is 0 Å². The standard InChI is InChI=1S/C20H22N2O4/c1-21-20(25)16-7-9-17(10-8-16)22-18(23)11-12-19(24)26-14-13-15-5-3-2-4-6-15/h2-10H,11-14H2,1H3,(H,21,25)(H,22,23). The lowest BCUT2D eigenvalue weighted by molar-refractivity contribution is -0.144. The number of ether oxygens (including phenoxy) is 1. The van der Waals surface area contributed by atoms with Crippen LogP contribution in [0.1, 0.15) is 28.8 Å². The van der Waals surface area contributed by atoms with Gasteiger partial charge in [-0.05, 0) is 29.8 Å². The molecule has 2 aromatic carbocycles. The molecular weight excluding hydrogens is 332 g/mol. The molecule has 0 aliphatic carbocycles. The summed E-state index contributed by atoms with van der Waals surface area (Å²) < 4.78 is 5.14. The molecule has 6 nitrogen and oxygen atoms in total. The Bertz CT molecular complexity index is 742. The van der Waals surface area contributed by atoms with Crippen molar-refractivity contribution in [3.63, 3.8) is 0 Å². The topological polar surface area (TPSA) is 84.5 Å². The van der Waals surface area contributed by atoms with E-state index in [1.807, 2.05) is 30.3 Å². The number of carbonyl (C=O) groups is 3. The molecule has 6 heteroatoms. The van der Waals surface area contributed by atoms with Crippen LogP contribution in [0.3, 0.4) is 0 Å². The highest BCUT2D eigenvalue weighted by molar-refractivity contribution is 5.96. The average molecular weight is 354 g/mol. The summed E-state index contributed by atoms with van der Waals surface area (Å²) in [4.78, 5) is 35.0. The van der Waals surface area contributed by atoms with Gasteiger partial charge in [0.05, 0.1) is 13.0 Å². The molecule has 0 saturated carbocycles. The third-order valence-electron chi connectivity index (χ3n) is 3.71. The number of esters is 1. The maximum atomic E-state index is 11.9. The predicted octanol–water partition coefficient (Wildman–Crippen LogP) is 2.55. The summed E-state index contributed by atoms with van der Waals surface area (Å²) in [5, 5.41) is 5.21. The second-order valence-corrected chi connectivity index (χ2v) is 5.66. The Hall–Kier alpha value is -3.15. The van der Waals surface area contributed by atoms with Gasteiger partial charge in [0, 0.05) is 31.1 Å². The number of hydrogen-bond acceptors (Lipinski definition) is 4. The minimum atomic E-state index is -0.397. The Balaban J connectivity index is 1.67. The Kier molecular flexibility index (Phi) is 7.36. The second kappa shape index (κ2) is 9.98. The van der Waals surface area contributed by atoms with Crippen LogP contribution < -0.4 is 10.6 Å². The zero-order valence-corrected chi connectivity index (χ0v) is 14.7. The van der Waals surface area contributed by atoms with Crippen LogP contribution >= 0.6 is 0 Å². The normalized spacial score (nSPS) is 10.0. The lowest BCUT2D eigenvalue weighted by Gasteiger charge is -2.07. The fraction of sp³-hybridized carbons (Fsp3) is 0.250. The van der Waals surface area contributed by atoms with Crippen molar-refractivity contribution in [3.05, 3.63) is 65.7 Å². The number of amides is 2. The molecule has 0 heterocycles. The molecule has 0 saturated heterocycles. The van der Waals surface area contributed by atoms with E-state index in [0.717, 1.165) is 5.56 Å². The molecule has 0 atom stereocenters. The van der Waals surface area contributed by atoms with Crippen LogP contribution in [0.5, 0.6) is 0 Å². The number of benzene rings is 2. The maximum absolute atomic E-state index is 11.9. The average Bonchev–Trinajstić information content (AvgIpc) is 2.67. The Morgan fingerprint density at radius 3 is 2.27 bits per heavy atom. The Morgan fingerprint density at radius 1 is 0.923 bits per heavy atom. The van der Waals surface area contributed by atoms with Gasteiger partial charge in [0.15, 0.2) is 0 Å². The van der Waals surface area contributed by atoms with Crippen LogP contribution in [0.2, 0.25) is 0 Å². The predicted molar refractivity (Wildman–Crippen MR) is 98.8 cm³/mol. The molecule has 2 rings (SSSR count). The molecular formula is C20H22N2O4. The molecule has 0 aliphatic heterocycles. The van der Waals surface area contributed by atoms with Crippen LogP contribution in [-0.2, 0) is 20.7 Å². The molecule has 0 aliphatic rings. The van der Waals surface area contributed by atoms with E-state index in [-0.39, 0.29) is 24.7 Å². The van der Waals surface area contributed by atoms with Gasteiger partial charge in [-0.15, -0.1) is 0 Å². The van der Waals surface area contributed by atoms with E-state index in [1.54, 1.807) is 31.3 Å². The van der Waals surface area contributed by atoms with Crippen molar-refractivity contribution in [2.75, 3.05) is 19.0 Å². The molecule has 0 radical (unpaired) electrons. The largest absolute Gasteiger partial charge is 0.465 e. The highest BCUT2D eigenvalue weighted by Gasteiger charge is 2.09. The van der Waals surface area contributed by atoms with E-state index >= 15 is 0 Å². The number of hydrogen-bond donors (Lipinski definition) is 2. The summed E-state index contributed by atoms with van der Waals surface area (Å²) in [5.41, 5.74) is 2.17. The SMILES string of the molecule is CNC(=O)c1ccc(NC(=O)CCC(=O)OCCc2ccccc2)cc1. The van der Waals surface area contributed by atoms with Gasteiger partial charge in [-0.3, -0.25) is 14.4 Å². The van der Waals surface area contributed by atoms with Gasteiger partial charge in [0.2, 0.25) is 5.91 Å². The molecule has 2 N–H and O–H groups in total. The minimum absolute atomic E-state index is 0.0247. The highest BCUT2D eigenvalue weighted by Crippen LogP contribution is 2.10. The first-order valence-corrected chi connectivity index (χ1v) is 8.40. The van der Waals surface area contributed by atoms with E-state index in [0.29, 0.717) is 24.3 Å². The van der Waals surface area contributed by atoms with Crippen molar-refractivity contribution in [2.24, 2.45) is 0 Å². The first-order valence-electron chi connectivity index (χ1n) is 8.40. The zero-order valence-electron chi connectivity index (χ0n) is 14.7. The van der Waals surface area contributed by atoms with Crippen LogP contribution in [-0.4, -0.2) is 31.4 Å². The van der Waals surface area contributed by atoms with E-state index in [4.69, 9.17) is 4.74 Å². The minimum Gasteiger partial charge on any atom is -0.465 e. The van der Waals surface area contributed by atoms with Gasteiger partial charge in [0.1, 0.15) is 0 Å². The molecule has 0 fully saturated rings. The molecule has 136 valence electrons. The summed E-state index contributed by atoms with van der Waals surface area (Å²) in [5.74, 6) is -0.870. The Morgan fingerprint density at radius 2 is 1.62 bits per heavy atom. The first-order chi connectivity index (χ1) is 12.6. The summed E-state index contributed by atoms with van der Waals surface area (Å²) in [6.07, 6.45) is 0.717. The third-order valence-corrected chi connectivity index (χ3v) is 3.71. The van der Waals surface area contributed by atoms with E-state index < -0.39 is 5.97 Å². The first kappa shape index (κ1) is 19.2. The summed E-state index contributed by atoms with van der Waals surface area (Å²) in [6.45, 7) is 0.297. The molecule has 0 aromatic heterocycles. The number of carbonyl (C=O) groups excluding carboxylic acids is 3. The molecule has 2 amide bonds. The third kappa shape index (κ3) is 6.39. The summed E-state index contributed by atoms with van der Waals surface area (Å²) in [7, 11) is 1.55. The lowest BCUT2D eigenvalue weighted by atomic mass is 10.2. The molecule has 26 heavy (non-hydrogen) atoms. The molecule has 0 spiro atoms. The monoisotopic (exact) mass is 354 g/mol. The Labute approximate surface area is 152 Å². The van der Waals surface area contributed by atoms with Gasteiger partial charge in [-0.2, -0.15) is 0 Å². The quantitative estimate of drug-likeness (QED) is 0.714. The fourth-order valence-corrected chi connectivity index (χ4v) is 2.29. The fourth-order valence-electron chi connectivity index (χ4n) is 2.29. The lowest BCUT2D eigenvalue weighted by Crippen LogP contribution is -2.18. The number of anilines is 1. The second-order valence-electron chi connectivity index (χ2n) is 5.66. The van der Waals surface area contributed by atoms with Gasteiger partial charge < -0.3 is 15.4 Å². The van der Waals surface area contributed by atoms with E-state index in [9.17, 15) is 14.4 Å². The van der Waals surface area contributed by atoms with Crippen molar-refractivity contribution < 1.29 is 19.1 Å². The van der Waals surface area contributed by atoms with Gasteiger partial charge >= 0.3 is 5.97 Å². The number of rotatable bonds is 8. The van der Waals surface area contributed by atoms with Crippen molar-refractivity contribution in [1.82, 2.24) is 5.32 Å². The zero-order chi connectivity index (χ0) is 18.8. The molecule has 0 unspecified atom stereocenters. The number of nitrogens with one attached hydrogen (secondary N) is 2. The summed E-state index contributed by atoms with van der Waals surface area (Å²) in [6, 6.07) is 16.2. The highest BCUT2D eigenvalue weighted by atomic mass is 16.5.